The van der Waals surface area contributed by atoms with Crippen LogP contribution < -0.4 is 0 Å². The summed E-state index contributed by atoms with van der Waals surface area (Å²) in [6, 6.07) is 0. The van der Waals surface area contributed by atoms with E-state index in [9.17, 15) is 14.4 Å². The number of hydrogen-bond donors (Lipinski definition) is 0. The molecule has 1 rings (SSSR count). The van der Waals surface area contributed by atoms with E-state index in [-0.39, 0.29) is 19.8 Å². The third-order valence-corrected chi connectivity index (χ3v) is 6.00. The van der Waals surface area contributed by atoms with E-state index in [1.54, 1.807) is 39.0 Å². The molecule has 6 nitrogen and oxygen atoms in total. The van der Waals surface area contributed by atoms with Crippen LogP contribution in [0.15, 0.2) is 31.6 Å². The number of ether oxygens (including phenoxy) is 3. The lowest BCUT2D eigenvalue weighted by Crippen LogP contribution is -2.01. The first kappa shape index (κ1) is 26.3. The summed E-state index contributed by atoms with van der Waals surface area (Å²) in [5, 5.41) is 0. The largest absolute Gasteiger partial charge is 0.463 e. The topological polar surface area (TPSA) is 78.9 Å². The van der Waals surface area contributed by atoms with E-state index in [1.807, 2.05) is 0 Å². The minimum atomic E-state index is -0.494. The van der Waals surface area contributed by atoms with Gasteiger partial charge in [0, 0.05) is 48.3 Å². The van der Waals surface area contributed by atoms with Gasteiger partial charge in [-0.1, -0.05) is 0 Å². The third-order valence-electron chi connectivity index (χ3n) is 3.44. The van der Waals surface area contributed by atoms with Crippen LogP contribution in [0.4, 0.5) is 0 Å². The zero-order valence-electron chi connectivity index (χ0n) is 16.7. The zero-order chi connectivity index (χ0) is 22.7. The van der Waals surface area contributed by atoms with Gasteiger partial charge >= 0.3 is 17.9 Å². The average molecular weight is 609 g/mol. The molecule has 9 heteroatoms. The minimum Gasteiger partial charge on any atom is -0.463 e. The van der Waals surface area contributed by atoms with Crippen molar-refractivity contribution in [2.75, 3.05) is 19.8 Å². The van der Waals surface area contributed by atoms with Crippen LogP contribution in [0.5, 0.6) is 0 Å². The number of benzene rings is 1. The molecule has 0 unspecified atom stereocenters. The van der Waals surface area contributed by atoms with E-state index in [0.717, 1.165) is 0 Å². The molecule has 0 bridgehead atoms. The van der Waals surface area contributed by atoms with Crippen LogP contribution in [0.1, 0.15) is 37.5 Å². The van der Waals surface area contributed by atoms with E-state index in [4.69, 9.17) is 14.2 Å². The van der Waals surface area contributed by atoms with Crippen molar-refractivity contribution in [2.45, 2.75) is 20.8 Å². The highest BCUT2D eigenvalue weighted by atomic mass is 79.9. The number of carbonyl (C=O) groups is 3. The minimum absolute atomic E-state index is 0.257. The van der Waals surface area contributed by atoms with Gasteiger partial charge in [0.05, 0.1) is 19.8 Å². The van der Waals surface area contributed by atoms with Crippen LogP contribution in [0.3, 0.4) is 0 Å². The summed E-state index contributed by atoms with van der Waals surface area (Å²) in [6.45, 7) is 5.92. The fourth-order valence-corrected chi connectivity index (χ4v) is 4.97. The first-order valence-corrected chi connectivity index (χ1v) is 11.4. The second-order valence-corrected chi connectivity index (χ2v) is 7.82. The fourth-order valence-electron chi connectivity index (χ4n) is 2.19. The number of carbonyl (C=O) groups excluding carboxylic acids is 3. The first-order chi connectivity index (χ1) is 14.3. The van der Waals surface area contributed by atoms with Crippen LogP contribution in [0, 0.1) is 0 Å². The molecule has 0 saturated heterocycles. The van der Waals surface area contributed by atoms with Crippen molar-refractivity contribution in [2.24, 2.45) is 0 Å². The van der Waals surface area contributed by atoms with Crippen molar-refractivity contribution in [1.82, 2.24) is 0 Å². The standard InChI is InChI=1S/C21H21Br3O6/c1-4-28-16(25)10-7-13-19(22)14(8-11-17(26)29-5-2)21(24)15(20(13)23)9-12-18(27)30-6-3/h7-12H,4-6H2,1-3H3. The number of halogens is 3. The van der Waals surface area contributed by atoms with Gasteiger partial charge in [0.2, 0.25) is 0 Å². The van der Waals surface area contributed by atoms with E-state index < -0.39 is 17.9 Å². The average Bonchev–Trinajstić information content (AvgIpc) is 2.68. The van der Waals surface area contributed by atoms with Crippen molar-refractivity contribution in [3.63, 3.8) is 0 Å². The molecule has 0 amide bonds. The molecule has 162 valence electrons. The lowest BCUT2D eigenvalue weighted by molar-refractivity contribution is -0.138. The predicted octanol–water partition coefficient (Wildman–Crippen LogP) is 5.70. The highest BCUT2D eigenvalue weighted by Gasteiger charge is 2.17. The third kappa shape index (κ3) is 7.85. The molecule has 0 atom stereocenters. The Morgan fingerprint density at radius 1 is 0.600 bits per heavy atom. The molecule has 0 aromatic heterocycles. The van der Waals surface area contributed by atoms with Crippen molar-refractivity contribution in [3.05, 3.63) is 48.3 Å². The van der Waals surface area contributed by atoms with Gasteiger partial charge in [0.25, 0.3) is 0 Å². The van der Waals surface area contributed by atoms with Crippen molar-refractivity contribution < 1.29 is 28.6 Å². The summed E-state index contributed by atoms with van der Waals surface area (Å²) < 4.78 is 16.6. The van der Waals surface area contributed by atoms with Crippen molar-refractivity contribution >= 4 is 83.9 Å². The Kier molecular flexibility index (Phi) is 11.9. The lowest BCUT2D eigenvalue weighted by Gasteiger charge is -2.14. The number of esters is 3. The van der Waals surface area contributed by atoms with Gasteiger partial charge in [-0.05, 0) is 86.8 Å². The smallest absolute Gasteiger partial charge is 0.330 e. The summed E-state index contributed by atoms with van der Waals surface area (Å²) in [5.41, 5.74) is 1.83. The normalized spacial score (nSPS) is 11.4. The second-order valence-electron chi connectivity index (χ2n) is 5.44. The predicted molar refractivity (Wildman–Crippen MR) is 127 cm³/mol. The molecule has 1 aromatic carbocycles. The molecule has 0 aliphatic rings. The maximum absolute atomic E-state index is 11.8. The van der Waals surface area contributed by atoms with Crippen LogP contribution in [-0.4, -0.2) is 37.7 Å². The van der Waals surface area contributed by atoms with E-state index in [0.29, 0.717) is 30.1 Å². The Balaban J connectivity index is 3.57. The van der Waals surface area contributed by atoms with E-state index >= 15 is 0 Å². The Bertz CT molecular complexity index is 752. The lowest BCUT2D eigenvalue weighted by atomic mass is 10.0. The molecule has 0 saturated carbocycles. The highest BCUT2D eigenvalue weighted by Crippen LogP contribution is 2.41. The summed E-state index contributed by atoms with van der Waals surface area (Å²) in [6.07, 6.45) is 8.59. The Morgan fingerprint density at radius 2 is 0.833 bits per heavy atom. The second kappa shape index (κ2) is 13.6. The van der Waals surface area contributed by atoms with Crippen LogP contribution in [0.25, 0.3) is 18.2 Å². The summed E-state index contributed by atoms with van der Waals surface area (Å²) in [5.74, 6) is -1.48. The molecule has 0 radical (unpaired) electrons. The molecule has 1 aromatic rings. The van der Waals surface area contributed by atoms with Gasteiger partial charge in [-0.3, -0.25) is 0 Å². The summed E-state index contributed by atoms with van der Waals surface area (Å²) in [4.78, 5) is 35.3. The van der Waals surface area contributed by atoms with Gasteiger partial charge in [0.15, 0.2) is 0 Å². The molecule has 0 aliphatic carbocycles. The Morgan fingerprint density at radius 3 is 1.03 bits per heavy atom. The maximum Gasteiger partial charge on any atom is 0.330 e. The van der Waals surface area contributed by atoms with Gasteiger partial charge in [-0.25, -0.2) is 14.4 Å². The van der Waals surface area contributed by atoms with Crippen molar-refractivity contribution in [1.29, 1.82) is 0 Å². The van der Waals surface area contributed by atoms with Crippen LogP contribution in [-0.2, 0) is 28.6 Å². The van der Waals surface area contributed by atoms with Gasteiger partial charge < -0.3 is 14.2 Å². The fraction of sp³-hybridized carbons (Fsp3) is 0.286. The van der Waals surface area contributed by atoms with Gasteiger partial charge in [-0.2, -0.15) is 0 Å². The number of hydrogen-bond acceptors (Lipinski definition) is 6. The number of rotatable bonds is 9. The molecular formula is C21H21Br3O6. The molecule has 0 aliphatic heterocycles. The Labute approximate surface area is 200 Å². The quantitative estimate of drug-likeness (QED) is 0.203. The first-order valence-electron chi connectivity index (χ1n) is 9.01. The highest BCUT2D eigenvalue weighted by molar-refractivity contribution is 9.11. The molecular weight excluding hydrogens is 588 g/mol. The van der Waals surface area contributed by atoms with Gasteiger partial charge in [-0.15, -0.1) is 0 Å². The molecule has 30 heavy (non-hydrogen) atoms. The van der Waals surface area contributed by atoms with Crippen LogP contribution >= 0.6 is 47.8 Å². The van der Waals surface area contributed by atoms with E-state index in [2.05, 4.69) is 47.8 Å². The molecule has 0 heterocycles. The molecule has 0 fully saturated rings. The van der Waals surface area contributed by atoms with Crippen molar-refractivity contribution in [3.8, 4) is 0 Å². The molecule has 0 spiro atoms. The SMILES string of the molecule is CCOC(=O)C=Cc1c(Br)c(C=CC(=O)OCC)c(Br)c(C=CC(=O)OCC)c1Br. The summed E-state index contributed by atoms with van der Waals surface area (Å²) >= 11 is 10.6. The Hall–Kier alpha value is -1.71. The molecule has 0 N–H and O–H groups in total. The maximum atomic E-state index is 11.8. The van der Waals surface area contributed by atoms with E-state index in [1.165, 1.54) is 18.2 Å². The van der Waals surface area contributed by atoms with Gasteiger partial charge in [0.1, 0.15) is 0 Å². The zero-order valence-corrected chi connectivity index (χ0v) is 21.4. The van der Waals surface area contributed by atoms with Crippen LogP contribution in [0.2, 0.25) is 0 Å². The monoisotopic (exact) mass is 606 g/mol. The summed E-state index contributed by atoms with van der Waals surface area (Å²) in [7, 11) is 0.